The average Bonchev–Trinajstić information content (AvgIpc) is 2.26. The van der Waals surface area contributed by atoms with Crippen molar-refractivity contribution < 1.29 is 23.9 Å². The molecule has 3 N–H and O–H groups in total. The molecular formula is C11H10ClFN2O4. The fourth-order valence-electron chi connectivity index (χ4n) is 1.41. The number of aliphatic carboxylic acids is 1. The van der Waals surface area contributed by atoms with Gasteiger partial charge < -0.3 is 15.7 Å². The molecule has 0 fully saturated rings. The van der Waals surface area contributed by atoms with Gasteiger partial charge in [0.2, 0.25) is 5.91 Å². The molecule has 0 aliphatic carbocycles. The third-order valence-electron chi connectivity index (χ3n) is 2.14. The first-order chi connectivity index (χ1) is 8.82. The van der Waals surface area contributed by atoms with E-state index in [0.29, 0.717) is 4.90 Å². The largest absolute Gasteiger partial charge is 0.480 e. The molecule has 0 radical (unpaired) electrons. The van der Waals surface area contributed by atoms with E-state index in [1.807, 2.05) is 0 Å². The van der Waals surface area contributed by atoms with Gasteiger partial charge in [-0.05, 0) is 12.1 Å². The van der Waals surface area contributed by atoms with Gasteiger partial charge in [-0.3, -0.25) is 14.4 Å². The van der Waals surface area contributed by atoms with Crippen LogP contribution < -0.4 is 5.73 Å². The Bertz CT molecular complexity index is 499. The Balaban J connectivity index is 3.11. The number of carboxylic acid groups (broad SMARTS) is 1. The van der Waals surface area contributed by atoms with Crippen LogP contribution in [0.3, 0.4) is 0 Å². The number of primary amides is 1. The van der Waals surface area contributed by atoms with Gasteiger partial charge >= 0.3 is 5.97 Å². The number of hydrogen-bond donors (Lipinski definition) is 2. The summed E-state index contributed by atoms with van der Waals surface area (Å²) in [5.41, 5.74) is 4.41. The van der Waals surface area contributed by atoms with E-state index in [0.717, 1.165) is 6.07 Å². The van der Waals surface area contributed by atoms with Gasteiger partial charge in [-0.25, -0.2) is 4.39 Å². The van der Waals surface area contributed by atoms with Crippen LogP contribution in [0, 0.1) is 5.82 Å². The van der Waals surface area contributed by atoms with Gasteiger partial charge in [-0.2, -0.15) is 0 Å². The number of nitrogens with two attached hydrogens (primary N) is 1. The zero-order valence-corrected chi connectivity index (χ0v) is 10.4. The molecule has 1 aromatic carbocycles. The van der Waals surface area contributed by atoms with Gasteiger partial charge in [0.05, 0.1) is 10.6 Å². The van der Waals surface area contributed by atoms with E-state index in [1.54, 1.807) is 0 Å². The second-order valence-electron chi connectivity index (χ2n) is 3.62. The lowest BCUT2D eigenvalue weighted by atomic mass is 10.2. The molecule has 6 nitrogen and oxygen atoms in total. The molecule has 0 saturated carbocycles. The summed E-state index contributed by atoms with van der Waals surface area (Å²) in [6.07, 6.45) is 0. The van der Waals surface area contributed by atoms with Crippen molar-refractivity contribution in [3.63, 3.8) is 0 Å². The number of benzene rings is 1. The van der Waals surface area contributed by atoms with E-state index in [4.69, 9.17) is 22.4 Å². The van der Waals surface area contributed by atoms with Crippen LogP contribution in [0.1, 0.15) is 10.4 Å². The average molecular weight is 289 g/mol. The monoisotopic (exact) mass is 288 g/mol. The topological polar surface area (TPSA) is 101 Å². The quantitative estimate of drug-likeness (QED) is 0.823. The number of amides is 2. The summed E-state index contributed by atoms with van der Waals surface area (Å²) in [5, 5.41) is 8.48. The summed E-state index contributed by atoms with van der Waals surface area (Å²) in [5.74, 6) is -4.19. The molecule has 0 aromatic heterocycles. The van der Waals surface area contributed by atoms with Gasteiger partial charge in [-0.15, -0.1) is 0 Å². The smallest absolute Gasteiger partial charge is 0.323 e. The van der Waals surface area contributed by atoms with Crippen LogP contribution in [0.4, 0.5) is 4.39 Å². The van der Waals surface area contributed by atoms with Crippen LogP contribution >= 0.6 is 11.6 Å². The van der Waals surface area contributed by atoms with Crippen molar-refractivity contribution in [2.75, 3.05) is 13.1 Å². The Morgan fingerprint density at radius 3 is 2.42 bits per heavy atom. The third-order valence-corrected chi connectivity index (χ3v) is 2.45. The highest BCUT2D eigenvalue weighted by atomic mass is 35.5. The molecule has 0 heterocycles. The van der Waals surface area contributed by atoms with E-state index >= 15 is 0 Å². The fraction of sp³-hybridized carbons (Fsp3) is 0.182. The minimum atomic E-state index is -1.36. The van der Waals surface area contributed by atoms with Crippen molar-refractivity contribution in [1.29, 1.82) is 0 Å². The Morgan fingerprint density at radius 2 is 1.95 bits per heavy atom. The molecule has 102 valence electrons. The molecule has 0 aliphatic heterocycles. The number of carboxylic acids is 1. The number of carbonyl (C=O) groups is 3. The molecular weight excluding hydrogens is 279 g/mol. The number of nitrogens with zero attached hydrogens (tertiary/aromatic N) is 1. The molecule has 0 unspecified atom stereocenters. The Kier molecular flexibility index (Phi) is 4.82. The van der Waals surface area contributed by atoms with Crippen LogP contribution in [-0.4, -0.2) is 40.9 Å². The van der Waals surface area contributed by atoms with E-state index in [1.165, 1.54) is 12.1 Å². The molecule has 8 heteroatoms. The highest BCUT2D eigenvalue weighted by Gasteiger charge is 2.24. The first-order valence-corrected chi connectivity index (χ1v) is 5.44. The molecule has 0 atom stereocenters. The maximum atomic E-state index is 13.5. The van der Waals surface area contributed by atoms with Crippen LogP contribution in [0.15, 0.2) is 18.2 Å². The van der Waals surface area contributed by atoms with Crippen LogP contribution in [0.25, 0.3) is 0 Å². The summed E-state index contributed by atoms with van der Waals surface area (Å²) < 4.78 is 13.5. The summed E-state index contributed by atoms with van der Waals surface area (Å²) in [4.78, 5) is 34.0. The van der Waals surface area contributed by atoms with E-state index in [-0.39, 0.29) is 5.02 Å². The van der Waals surface area contributed by atoms with Gasteiger partial charge in [0.1, 0.15) is 18.9 Å². The van der Waals surface area contributed by atoms with Gasteiger partial charge in [0.25, 0.3) is 5.91 Å². The lowest BCUT2D eigenvalue weighted by Gasteiger charge is -2.19. The molecule has 0 saturated heterocycles. The Morgan fingerprint density at radius 1 is 1.32 bits per heavy atom. The van der Waals surface area contributed by atoms with Crippen LogP contribution in [0.5, 0.6) is 0 Å². The first-order valence-electron chi connectivity index (χ1n) is 5.06. The molecule has 1 rings (SSSR count). The highest BCUT2D eigenvalue weighted by molar-refractivity contribution is 6.33. The number of hydrogen-bond acceptors (Lipinski definition) is 3. The second kappa shape index (κ2) is 6.14. The van der Waals surface area contributed by atoms with E-state index < -0.39 is 42.3 Å². The molecule has 0 spiro atoms. The fourth-order valence-corrected chi connectivity index (χ4v) is 1.65. The SMILES string of the molecule is NC(=O)CN(CC(=O)O)C(=O)c1c(F)cccc1Cl. The van der Waals surface area contributed by atoms with Crippen molar-refractivity contribution in [3.05, 3.63) is 34.6 Å². The molecule has 1 aromatic rings. The molecule has 0 aliphatic rings. The third kappa shape index (κ3) is 3.92. The maximum absolute atomic E-state index is 13.5. The number of halogens is 2. The summed E-state index contributed by atoms with van der Waals surface area (Å²) >= 11 is 5.69. The first kappa shape index (κ1) is 14.9. The number of carbonyl (C=O) groups excluding carboxylic acids is 2. The number of rotatable bonds is 5. The minimum Gasteiger partial charge on any atom is -0.480 e. The van der Waals surface area contributed by atoms with E-state index in [2.05, 4.69) is 0 Å². The van der Waals surface area contributed by atoms with E-state index in [9.17, 15) is 18.8 Å². The Hall–Kier alpha value is -2.15. The predicted octanol–water partition coefficient (Wildman–Crippen LogP) is 0.491. The van der Waals surface area contributed by atoms with Crippen molar-refractivity contribution in [2.24, 2.45) is 5.73 Å². The van der Waals surface area contributed by atoms with Gasteiger partial charge in [0, 0.05) is 0 Å². The second-order valence-corrected chi connectivity index (χ2v) is 4.03. The predicted molar refractivity (Wildman–Crippen MR) is 64.1 cm³/mol. The highest BCUT2D eigenvalue weighted by Crippen LogP contribution is 2.20. The summed E-state index contributed by atoms with van der Waals surface area (Å²) in [6.45, 7) is -1.43. The van der Waals surface area contributed by atoms with Crippen LogP contribution in [0.2, 0.25) is 5.02 Å². The minimum absolute atomic E-state index is 0.176. The summed E-state index contributed by atoms with van der Waals surface area (Å²) in [7, 11) is 0. The van der Waals surface area contributed by atoms with Gasteiger partial charge in [0.15, 0.2) is 0 Å². The lowest BCUT2D eigenvalue weighted by Crippen LogP contribution is -2.42. The van der Waals surface area contributed by atoms with Crippen molar-refractivity contribution in [1.82, 2.24) is 4.90 Å². The van der Waals surface area contributed by atoms with Crippen molar-refractivity contribution >= 4 is 29.4 Å². The standard InChI is InChI=1S/C11H10ClFN2O4/c12-6-2-1-3-7(13)10(6)11(19)15(4-8(14)16)5-9(17)18/h1-3H,4-5H2,(H2,14,16)(H,17,18). The zero-order chi connectivity index (χ0) is 14.6. The molecule has 0 bridgehead atoms. The Labute approximate surface area is 112 Å². The normalized spacial score (nSPS) is 10.0. The maximum Gasteiger partial charge on any atom is 0.323 e. The molecule has 2 amide bonds. The van der Waals surface area contributed by atoms with Crippen LogP contribution in [-0.2, 0) is 9.59 Å². The van der Waals surface area contributed by atoms with Crippen molar-refractivity contribution in [3.8, 4) is 0 Å². The zero-order valence-electron chi connectivity index (χ0n) is 9.60. The van der Waals surface area contributed by atoms with Gasteiger partial charge in [-0.1, -0.05) is 17.7 Å². The molecule has 19 heavy (non-hydrogen) atoms. The van der Waals surface area contributed by atoms with Crippen molar-refractivity contribution in [2.45, 2.75) is 0 Å². The summed E-state index contributed by atoms with van der Waals surface area (Å²) in [6, 6.07) is 3.58. The lowest BCUT2D eigenvalue weighted by molar-refractivity contribution is -0.138.